The largest absolute Gasteiger partial charge is 0.449 e. The number of carbonyl (C=O) groups excluding carboxylic acids is 2. The van der Waals surface area contributed by atoms with E-state index in [1.807, 2.05) is 6.07 Å². The summed E-state index contributed by atoms with van der Waals surface area (Å²) in [7, 11) is 0. The summed E-state index contributed by atoms with van der Waals surface area (Å²) in [6.45, 7) is 5.01. The van der Waals surface area contributed by atoms with Crippen molar-refractivity contribution < 1.29 is 14.3 Å². The van der Waals surface area contributed by atoms with Gasteiger partial charge in [-0.2, -0.15) is 5.26 Å². The number of hydrogen-bond acceptors (Lipinski definition) is 4. The van der Waals surface area contributed by atoms with Gasteiger partial charge < -0.3 is 10.1 Å². The minimum Gasteiger partial charge on any atom is -0.449 e. The molecule has 0 aliphatic heterocycles. The Labute approximate surface area is 117 Å². The molecule has 20 heavy (non-hydrogen) atoms. The normalized spacial score (nSPS) is 10.9. The Morgan fingerprint density at radius 2 is 2.10 bits per heavy atom. The van der Waals surface area contributed by atoms with E-state index in [1.54, 1.807) is 38.1 Å². The van der Waals surface area contributed by atoms with E-state index < -0.39 is 18.0 Å². The number of allylic oxidation sites excluding steroid dienone is 1. The Morgan fingerprint density at radius 1 is 1.40 bits per heavy atom. The summed E-state index contributed by atoms with van der Waals surface area (Å²) in [4.78, 5) is 23.2. The van der Waals surface area contributed by atoms with Crippen molar-refractivity contribution in [3.63, 3.8) is 0 Å². The highest BCUT2D eigenvalue weighted by atomic mass is 16.5. The van der Waals surface area contributed by atoms with Crippen LogP contribution in [0, 0.1) is 11.3 Å². The summed E-state index contributed by atoms with van der Waals surface area (Å²) in [5, 5.41) is 11.4. The number of anilines is 1. The van der Waals surface area contributed by atoms with E-state index in [1.165, 1.54) is 13.0 Å². The van der Waals surface area contributed by atoms with Crippen LogP contribution in [-0.4, -0.2) is 18.0 Å². The maximum Gasteiger partial charge on any atom is 0.331 e. The quantitative estimate of drug-likeness (QED) is 0.674. The third-order valence-electron chi connectivity index (χ3n) is 2.33. The third kappa shape index (κ3) is 4.94. The number of amides is 1. The Kier molecular flexibility index (Phi) is 5.48. The molecule has 5 heteroatoms. The summed E-state index contributed by atoms with van der Waals surface area (Å²) in [5.41, 5.74) is 1.72. The summed E-state index contributed by atoms with van der Waals surface area (Å²) in [6.07, 6.45) is 0.406. The molecule has 1 rings (SSSR count). The van der Waals surface area contributed by atoms with Crippen LogP contribution in [0.15, 0.2) is 35.9 Å². The van der Waals surface area contributed by atoms with Gasteiger partial charge >= 0.3 is 5.97 Å². The number of hydrogen-bond donors (Lipinski definition) is 1. The maximum absolute atomic E-state index is 11.8. The fraction of sp³-hybridized carbons (Fsp3) is 0.267. The van der Waals surface area contributed by atoms with Crippen LogP contribution in [0.5, 0.6) is 0 Å². The molecule has 1 aromatic rings. The minimum absolute atomic E-state index is 0.442. The van der Waals surface area contributed by atoms with Crippen molar-refractivity contribution in [2.24, 2.45) is 0 Å². The second kappa shape index (κ2) is 7.10. The molecular weight excluding hydrogens is 256 g/mol. The number of rotatable bonds is 4. The van der Waals surface area contributed by atoms with Crippen LogP contribution >= 0.6 is 0 Å². The molecule has 0 bridgehead atoms. The first-order valence-electron chi connectivity index (χ1n) is 6.09. The van der Waals surface area contributed by atoms with Crippen LogP contribution in [0.25, 0.3) is 0 Å². The lowest BCUT2D eigenvalue weighted by Gasteiger charge is -2.12. The molecule has 1 atom stereocenters. The van der Waals surface area contributed by atoms with Gasteiger partial charge in [-0.25, -0.2) is 4.79 Å². The van der Waals surface area contributed by atoms with Gasteiger partial charge in [-0.15, -0.1) is 0 Å². The van der Waals surface area contributed by atoms with Crippen LogP contribution in [-0.2, 0) is 14.3 Å². The summed E-state index contributed by atoms with van der Waals surface area (Å²) in [5.74, 6) is -1.01. The number of nitrogens with zero attached hydrogens (tertiary/aromatic N) is 1. The molecule has 104 valence electrons. The van der Waals surface area contributed by atoms with Crippen molar-refractivity contribution in [1.82, 2.24) is 0 Å². The predicted molar refractivity (Wildman–Crippen MR) is 74.8 cm³/mol. The van der Waals surface area contributed by atoms with Crippen LogP contribution < -0.4 is 5.32 Å². The second-order valence-electron chi connectivity index (χ2n) is 4.48. The first-order valence-corrected chi connectivity index (χ1v) is 6.09. The van der Waals surface area contributed by atoms with Crippen molar-refractivity contribution in [3.8, 4) is 6.07 Å². The molecule has 0 spiro atoms. The van der Waals surface area contributed by atoms with Crippen molar-refractivity contribution in [3.05, 3.63) is 41.5 Å². The molecule has 0 aromatic heterocycles. The minimum atomic E-state index is -0.913. The van der Waals surface area contributed by atoms with E-state index in [4.69, 9.17) is 10.00 Å². The average Bonchev–Trinajstić information content (AvgIpc) is 2.37. The number of esters is 1. The first kappa shape index (κ1) is 15.4. The Hall–Kier alpha value is -2.61. The van der Waals surface area contributed by atoms with Crippen molar-refractivity contribution >= 4 is 17.6 Å². The van der Waals surface area contributed by atoms with Gasteiger partial charge in [0, 0.05) is 11.8 Å². The van der Waals surface area contributed by atoms with E-state index in [0.29, 0.717) is 11.3 Å². The lowest BCUT2D eigenvalue weighted by molar-refractivity contribution is -0.148. The van der Waals surface area contributed by atoms with Gasteiger partial charge in [-0.3, -0.25) is 4.79 Å². The zero-order valence-electron chi connectivity index (χ0n) is 11.6. The fourth-order valence-electron chi connectivity index (χ4n) is 1.41. The van der Waals surface area contributed by atoms with Crippen LogP contribution in [0.2, 0.25) is 0 Å². The molecule has 0 radical (unpaired) electrons. The van der Waals surface area contributed by atoms with E-state index in [9.17, 15) is 9.59 Å². The molecule has 0 fully saturated rings. The molecule has 0 aliphatic carbocycles. The van der Waals surface area contributed by atoms with Crippen LogP contribution in [0.4, 0.5) is 5.69 Å². The molecule has 0 unspecified atom stereocenters. The van der Waals surface area contributed by atoms with Gasteiger partial charge in [0.15, 0.2) is 6.10 Å². The van der Waals surface area contributed by atoms with Gasteiger partial charge in [-0.1, -0.05) is 11.6 Å². The highest BCUT2D eigenvalue weighted by Gasteiger charge is 2.16. The topological polar surface area (TPSA) is 79.2 Å². The summed E-state index contributed by atoms with van der Waals surface area (Å²) < 4.78 is 4.96. The zero-order chi connectivity index (χ0) is 15.1. The molecule has 1 amide bonds. The smallest absolute Gasteiger partial charge is 0.331 e. The van der Waals surface area contributed by atoms with E-state index >= 15 is 0 Å². The fourth-order valence-corrected chi connectivity index (χ4v) is 1.41. The molecule has 1 N–H and O–H groups in total. The first-order chi connectivity index (χ1) is 9.42. The SMILES string of the molecule is CC(C)=CC(=O)O[C@@H](C)C(=O)Nc1cccc(C#N)c1. The molecule has 5 nitrogen and oxygen atoms in total. The zero-order valence-corrected chi connectivity index (χ0v) is 11.6. The Morgan fingerprint density at radius 3 is 2.70 bits per heavy atom. The Bertz CT molecular complexity index is 581. The Balaban J connectivity index is 2.64. The molecule has 0 aliphatic rings. The summed E-state index contributed by atoms with van der Waals surface area (Å²) >= 11 is 0. The average molecular weight is 272 g/mol. The number of carbonyl (C=O) groups is 2. The molecule has 0 saturated carbocycles. The lowest BCUT2D eigenvalue weighted by atomic mass is 10.2. The summed E-state index contributed by atoms with van der Waals surface area (Å²) in [6, 6.07) is 8.47. The third-order valence-corrected chi connectivity index (χ3v) is 2.33. The molecule has 0 saturated heterocycles. The highest BCUT2D eigenvalue weighted by Crippen LogP contribution is 2.10. The van der Waals surface area contributed by atoms with Gasteiger partial charge in [-0.05, 0) is 39.0 Å². The number of ether oxygens (including phenoxy) is 1. The molecule has 0 heterocycles. The van der Waals surface area contributed by atoms with Crippen molar-refractivity contribution in [2.45, 2.75) is 26.9 Å². The van der Waals surface area contributed by atoms with Gasteiger partial charge in [0.1, 0.15) is 0 Å². The highest BCUT2D eigenvalue weighted by molar-refractivity contribution is 5.96. The van der Waals surface area contributed by atoms with Crippen molar-refractivity contribution in [2.75, 3.05) is 5.32 Å². The molecule has 1 aromatic carbocycles. The standard InChI is InChI=1S/C15H16N2O3/c1-10(2)7-14(18)20-11(3)15(19)17-13-6-4-5-12(8-13)9-16/h4-8,11H,1-3H3,(H,17,19)/t11-/m0/s1. The van der Waals surface area contributed by atoms with Crippen LogP contribution in [0.1, 0.15) is 26.3 Å². The van der Waals surface area contributed by atoms with E-state index in [0.717, 1.165) is 5.57 Å². The monoisotopic (exact) mass is 272 g/mol. The number of nitrogens with one attached hydrogen (secondary N) is 1. The van der Waals surface area contributed by atoms with E-state index in [-0.39, 0.29) is 0 Å². The number of nitriles is 1. The van der Waals surface area contributed by atoms with Gasteiger partial charge in [0.05, 0.1) is 11.6 Å². The van der Waals surface area contributed by atoms with E-state index in [2.05, 4.69) is 5.32 Å². The van der Waals surface area contributed by atoms with Crippen LogP contribution in [0.3, 0.4) is 0 Å². The lowest BCUT2D eigenvalue weighted by Crippen LogP contribution is -2.29. The van der Waals surface area contributed by atoms with Gasteiger partial charge in [0.25, 0.3) is 5.91 Å². The maximum atomic E-state index is 11.8. The number of benzene rings is 1. The predicted octanol–water partition coefficient (Wildman–Crippen LogP) is 2.39. The molecular formula is C15H16N2O3. The van der Waals surface area contributed by atoms with Crippen molar-refractivity contribution in [1.29, 1.82) is 5.26 Å². The second-order valence-corrected chi connectivity index (χ2v) is 4.48. The van der Waals surface area contributed by atoms with Gasteiger partial charge in [0.2, 0.25) is 0 Å².